The maximum absolute atomic E-state index is 12.6. The van der Waals surface area contributed by atoms with Crippen molar-refractivity contribution in [3.8, 4) is 11.5 Å². The molecule has 3 aromatic rings. The number of hydrogen-bond acceptors (Lipinski definition) is 3. The Morgan fingerprint density at radius 3 is 2.50 bits per heavy atom. The first-order valence-electron chi connectivity index (χ1n) is 7.64. The fraction of sp³-hybridized carbons (Fsp3) is 0.158. The van der Waals surface area contributed by atoms with E-state index in [0.717, 1.165) is 15.6 Å². The maximum Gasteiger partial charge on any atom is 0.274 e. The van der Waals surface area contributed by atoms with Gasteiger partial charge in [-0.15, -0.1) is 0 Å². The number of aromatic nitrogens is 1. The smallest absolute Gasteiger partial charge is 0.274 e. The zero-order chi connectivity index (χ0) is 17.1. The number of hydrogen-bond donors (Lipinski definition) is 1. The fourth-order valence-corrected chi connectivity index (χ4v) is 3.11. The second-order valence-corrected chi connectivity index (χ2v) is 6.36. The Hall–Kier alpha value is -2.40. The number of benzene rings is 2. The van der Waals surface area contributed by atoms with Crippen molar-refractivity contribution in [1.82, 2.24) is 10.3 Å². The summed E-state index contributed by atoms with van der Waals surface area (Å²) in [5.74, 6) is 0.708. The molecule has 1 heterocycles. The minimum atomic E-state index is -0.248. The normalized spacial score (nSPS) is 12.0. The molecule has 1 amide bonds. The second kappa shape index (κ2) is 7.01. The molecule has 3 rings (SSSR count). The molecule has 1 aromatic heterocycles. The SMILES string of the molecule is Cc1oc(-c2ccccc2)nc1C(=O)NC(C)c1ccccc1Br. The molecule has 1 unspecified atom stereocenters. The molecular weight excluding hydrogens is 368 g/mol. The lowest BCUT2D eigenvalue weighted by molar-refractivity contribution is 0.0934. The number of amides is 1. The summed E-state index contributed by atoms with van der Waals surface area (Å²) in [5.41, 5.74) is 2.17. The van der Waals surface area contributed by atoms with Gasteiger partial charge in [0, 0.05) is 10.0 Å². The second-order valence-electron chi connectivity index (χ2n) is 5.51. The van der Waals surface area contributed by atoms with E-state index >= 15 is 0 Å². The quantitative estimate of drug-likeness (QED) is 0.695. The maximum atomic E-state index is 12.6. The minimum absolute atomic E-state index is 0.149. The largest absolute Gasteiger partial charge is 0.441 e. The zero-order valence-electron chi connectivity index (χ0n) is 13.4. The molecule has 1 N–H and O–H groups in total. The summed E-state index contributed by atoms with van der Waals surface area (Å²) >= 11 is 3.51. The van der Waals surface area contributed by atoms with Crippen molar-refractivity contribution >= 4 is 21.8 Å². The van der Waals surface area contributed by atoms with Gasteiger partial charge in [0.2, 0.25) is 5.89 Å². The van der Waals surface area contributed by atoms with Crippen LogP contribution in [-0.4, -0.2) is 10.9 Å². The van der Waals surface area contributed by atoms with Crippen molar-refractivity contribution < 1.29 is 9.21 Å². The summed E-state index contributed by atoms with van der Waals surface area (Å²) in [6.45, 7) is 3.68. The molecule has 24 heavy (non-hydrogen) atoms. The lowest BCUT2D eigenvalue weighted by atomic mass is 10.1. The number of aryl methyl sites for hydroxylation is 1. The molecule has 0 radical (unpaired) electrons. The van der Waals surface area contributed by atoms with Crippen LogP contribution in [0.4, 0.5) is 0 Å². The van der Waals surface area contributed by atoms with Gasteiger partial charge in [-0.05, 0) is 37.6 Å². The Kier molecular flexibility index (Phi) is 4.81. The predicted molar refractivity (Wildman–Crippen MR) is 96.7 cm³/mol. The van der Waals surface area contributed by atoms with E-state index in [0.29, 0.717) is 17.3 Å². The third kappa shape index (κ3) is 3.41. The van der Waals surface area contributed by atoms with Gasteiger partial charge in [0.25, 0.3) is 5.91 Å². The van der Waals surface area contributed by atoms with Gasteiger partial charge >= 0.3 is 0 Å². The molecule has 0 fully saturated rings. The van der Waals surface area contributed by atoms with Gasteiger partial charge in [0.1, 0.15) is 5.76 Å². The molecule has 0 saturated heterocycles. The molecule has 122 valence electrons. The van der Waals surface area contributed by atoms with Gasteiger partial charge in [0.05, 0.1) is 6.04 Å². The average Bonchev–Trinajstić information content (AvgIpc) is 2.98. The van der Waals surface area contributed by atoms with Crippen LogP contribution in [0, 0.1) is 6.92 Å². The first kappa shape index (κ1) is 16.5. The summed E-state index contributed by atoms with van der Waals surface area (Å²) in [4.78, 5) is 16.9. The van der Waals surface area contributed by atoms with Crippen LogP contribution in [0.3, 0.4) is 0 Å². The van der Waals surface area contributed by atoms with E-state index in [-0.39, 0.29) is 11.9 Å². The third-order valence-corrected chi connectivity index (χ3v) is 4.47. The molecule has 1 atom stereocenters. The van der Waals surface area contributed by atoms with E-state index in [2.05, 4.69) is 26.2 Å². The Morgan fingerprint density at radius 2 is 1.79 bits per heavy atom. The number of nitrogens with one attached hydrogen (secondary N) is 1. The molecule has 0 spiro atoms. The number of carbonyl (C=O) groups excluding carboxylic acids is 1. The standard InChI is InChI=1S/C19H17BrN2O2/c1-12(15-10-6-7-11-16(15)20)21-18(23)17-13(2)24-19(22-17)14-8-4-3-5-9-14/h3-12H,1-2H3,(H,21,23). The van der Waals surface area contributed by atoms with Crippen LogP contribution in [-0.2, 0) is 0 Å². The van der Waals surface area contributed by atoms with E-state index in [4.69, 9.17) is 4.42 Å². The molecule has 0 aliphatic heterocycles. The van der Waals surface area contributed by atoms with E-state index in [1.165, 1.54) is 0 Å². The molecule has 0 bridgehead atoms. The summed E-state index contributed by atoms with van der Waals surface area (Å²) in [6, 6.07) is 17.2. The molecule has 4 nitrogen and oxygen atoms in total. The number of oxazole rings is 1. The van der Waals surface area contributed by atoms with E-state index in [1.54, 1.807) is 6.92 Å². The van der Waals surface area contributed by atoms with E-state index < -0.39 is 0 Å². The van der Waals surface area contributed by atoms with Crippen LogP contribution >= 0.6 is 15.9 Å². The van der Waals surface area contributed by atoms with Crippen molar-refractivity contribution in [1.29, 1.82) is 0 Å². The van der Waals surface area contributed by atoms with Gasteiger partial charge in [-0.3, -0.25) is 4.79 Å². The van der Waals surface area contributed by atoms with Gasteiger partial charge in [-0.2, -0.15) is 0 Å². The molecule has 5 heteroatoms. The molecule has 2 aromatic carbocycles. The highest BCUT2D eigenvalue weighted by Crippen LogP contribution is 2.24. The van der Waals surface area contributed by atoms with Crippen LogP contribution in [0.2, 0.25) is 0 Å². The fourth-order valence-electron chi connectivity index (χ4n) is 2.48. The number of halogens is 1. The Morgan fingerprint density at radius 1 is 1.12 bits per heavy atom. The van der Waals surface area contributed by atoms with Crippen LogP contribution in [0.25, 0.3) is 11.5 Å². The topological polar surface area (TPSA) is 55.1 Å². The van der Waals surface area contributed by atoms with Crippen LogP contribution in [0.15, 0.2) is 63.5 Å². The summed E-state index contributed by atoms with van der Waals surface area (Å²) in [7, 11) is 0. The Labute approximate surface area is 149 Å². The summed E-state index contributed by atoms with van der Waals surface area (Å²) < 4.78 is 6.61. The zero-order valence-corrected chi connectivity index (χ0v) is 15.0. The van der Waals surface area contributed by atoms with E-state index in [1.807, 2.05) is 61.5 Å². The third-order valence-electron chi connectivity index (χ3n) is 3.75. The number of rotatable bonds is 4. The Balaban J connectivity index is 1.81. The first-order chi connectivity index (χ1) is 11.6. The molecule has 0 saturated carbocycles. The van der Waals surface area contributed by atoms with Crippen molar-refractivity contribution in [3.05, 3.63) is 76.1 Å². The molecule has 0 aliphatic carbocycles. The summed E-state index contributed by atoms with van der Waals surface area (Å²) in [5, 5.41) is 2.97. The van der Waals surface area contributed by atoms with Crippen LogP contribution in [0.5, 0.6) is 0 Å². The summed E-state index contributed by atoms with van der Waals surface area (Å²) in [6.07, 6.45) is 0. The average molecular weight is 385 g/mol. The van der Waals surface area contributed by atoms with Crippen molar-refractivity contribution in [2.45, 2.75) is 19.9 Å². The molecule has 0 aliphatic rings. The van der Waals surface area contributed by atoms with Crippen molar-refractivity contribution in [3.63, 3.8) is 0 Å². The van der Waals surface area contributed by atoms with Gasteiger partial charge < -0.3 is 9.73 Å². The minimum Gasteiger partial charge on any atom is -0.441 e. The highest BCUT2D eigenvalue weighted by atomic mass is 79.9. The van der Waals surface area contributed by atoms with Crippen molar-refractivity contribution in [2.24, 2.45) is 0 Å². The monoisotopic (exact) mass is 384 g/mol. The van der Waals surface area contributed by atoms with Crippen LogP contribution in [0.1, 0.15) is 34.8 Å². The van der Waals surface area contributed by atoms with Crippen LogP contribution < -0.4 is 5.32 Å². The number of nitrogens with zero attached hydrogens (tertiary/aromatic N) is 1. The molecular formula is C19H17BrN2O2. The van der Waals surface area contributed by atoms with Gasteiger partial charge in [-0.25, -0.2) is 4.98 Å². The highest BCUT2D eigenvalue weighted by molar-refractivity contribution is 9.10. The first-order valence-corrected chi connectivity index (χ1v) is 8.43. The lowest BCUT2D eigenvalue weighted by Crippen LogP contribution is -2.27. The Bertz CT molecular complexity index is 859. The van der Waals surface area contributed by atoms with Gasteiger partial charge in [-0.1, -0.05) is 52.3 Å². The van der Waals surface area contributed by atoms with E-state index in [9.17, 15) is 4.79 Å². The highest BCUT2D eigenvalue weighted by Gasteiger charge is 2.20. The lowest BCUT2D eigenvalue weighted by Gasteiger charge is -2.15. The van der Waals surface area contributed by atoms with Gasteiger partial charge in [0.15, 0.2) is 5.69 Å². The predicted octanol–water partition coefficient (Wildman–Crippen LogP) is 4.90. The van der Waals surface area contributed by atoms with Crippen molar-refractivity contribution in [2.75, 3.05) is 0 Å². The number of carbonyl (C=O) groups is 1.